The molecule has 5 rings (SSSR count). The Balaban J connectivity index is 0.000000257. The van der Waals surface area contributed by atoms with Crippen LogP contribution in [-0.2, 0) is 19.3 Å². The number of aliphatic hydroxyl groups is 5. The molecule has 0 saturated carbocycles. The molecular formula is C35H48F2O9S3. The van der Waals surface area contributed by atoms with Crippen molar-refractivity contribution in [3.8, 4) is 0 Å². The summed E-state index contributed by atoms with van der Waals surface area (Å²) in [4.78, 5) is 2.10. The number of sulfone groups is 1. The van der Waals surface area contributed by atoms with Gasteiger partial charge < -0.3 is 35.0 Å². The van der Waals surface area contributed by atoms with Crippen LogP contribution in [0.4, 0.5) is 8.78 Å². The number of benzene rings is 3. The van der Waals surface area contributed by atoms with Gasteiger partial charge in [0.1, 0.15) is 41.4 Å². The van der Waals surface area contributed by atoms with E-state index in [1.165, 1.54) is 18.0 Å². The molecule has 3 aromatic rings. The average Bonchev–Trinajstić information content (AvgIpc) is 3.10. The van der Waals surface area contributed by atoms with Crippen molar-refractivity contribution in [1.82, 2.24) is 0 Å². The molecule has 0 spiro atoms. The quantitative estimate of drug-likeness (QED) is 0.223. The fourth-order valence-electron chi connectivity index (χ4n) is 4.52. The van der Waals surface area contributed by atoms with Crippen LogP contribution in [0.3, 0.4) is 0 Å². The third-order valence-corrected chi connectivity index (χ3v) is 10.7. The number of halogens is 2. The number of alkyl halides is 2. The maximum Gasteiger partial charge on any atom is 0.175 e. The van der Waals surface area contributed by atoms with Crippen molar-refractivity contribution >= 4 is 33.4 Å². The highest BCUT2D eigenvalue weighted by Gasteiger charge is 2.45. The van der Waals surface area contributed by atoms with Crippen molar-refractivity contribution in [1.29, 1.82) is 0 Å². The lowest BCUT2D eigenvalue weighted by atomic mass is 10.00. The van der Waals surface area contributed by atoms with Gasteiger partial charge in [-0.3, -0.25) is 0 Å². The van der Waals surface area contributed by atoms with Crippen molar-refractivity contribution in [3.63, 3.8) is 0 Å². The fourth-order valence-corrected chi connectivity index (χ4v) is 7.29. The van der Waals surface area contributed by atoms with Crippen LogP contribution in [0.5, 0.6) is 0 Å². The first kappa shape index (κ1) is 41.3. The molecule has 2 aliphatic heterocycles. The van der Waals surface area contributed by atoms with E-state index < -0.39 is 76.3 Å². The molecule has 49 heavy (non-hydrogen) atoms. The van der Waals surface area contributed by atoms with Crippen molar-refractivity contribution in [2.24, 2.45) is 0 Å². The van der Waals surface area contributed by atoms with Gasteiger partial charge in [0, 0.05) is 17.4 Å². The molecule has 2 saturated heterocycles. The summed E-state index contributed by atoms with van der Waals surface area (Å²) in [5.74, 6) is 0. The number of thioether (sulfide) groups is 2. The normalized spacial score (nSPS) is 29.8. The first-order valence-corrected chi connectivity index (χ1v) is 19.2. The smallest absolute Gasteiger partial charge is 0.175 e. The molecule has 5 N–H and O–H groups in total. The highest BCUT2D eigenvalue weighted by atomic mass is 32.2. The number of hydrogen-bond donors (Lipinski definition) is 5. The SMILES string of the molecule is CC[C@H]1O[C@@H](Sc2ccccc2)[C@H](O)[C@@H](F)[C@@H]1O.Cc1ccc(S(C)(=O)=O)cc1.OC[C@H]1O[C@@H](Sc2ccccc2)[C@H](O)[C@@H](F)[C@@H]1O.[2H]CC. The Morgan fingerprint density at radius 3 is 1.49 bits per heavy atom. The zero-order valence-corrected chi connectivity index (χ0v) is 30.3. The molecule has 274 valence electrons. The zero-order chi connectivity index (χ0) is 37.4. The maximum atomic E-state index is 13.8. The predicted octanol–water partition coefficient (Wildman–Crippen LogP) is 4.95. The van der Waals surface area contributed by atoms with Gasteiger partial charge in [0.15, 0.2) is 22.2 Å². The van der Waals surface area contributed by atoms with Crippen molar-refractivity contribution < 1.29 is 53.6 Å². The van der Waals surface area contributed by atoms with Gasteiger partial charge in [-0.05, 0) is 49.7 Å². The summed E-state index contributed by atoms with van der Waals surface area (Å²) >= 11 is 2.44. The predicted molar refractivity (Wildman–Crippen MR) is 189 cm³/mol. The highest BCUT2D eigenvalue weighted by molar-refractivity contribution is 8.00. The molecule has 0 unspecified atom stereocenters. The van der Waals surface area contributed by atoms with Crippen LogP contribution in [0.25, 0.3) is 0 Å². The Labute approximate surface area is 298 Å². The maximum absolute atomic E-state index is 13.8. The minimum atomic E-state index is -3.02. The molecule has 9 nitrogen and oxygen atoms in total. The van der Waals surface area contributed by atoms with Gasteiger partial charge in [0.05, 0.1) is 17.6 Å². The van der Waals surface area contributed by atoms with Gasteiger partial charge in [-0.25, -0.2) is 17.2 Å². The van der Waals surface area contributed by atoms with Crippen LogP contribution in [0, 0.1) is 6.92 Å². The summed E-state index contributed by atoms with van der Waals surface area (Å²) in [6.07, 6.45) is -8.83. The zero-order valence-electron chi connectivity index (χ0n) is 28.8. The average molecular weight is 748 g/mol. The van der Waals surface area contributed by atoms with E-state index in [4.69, 9.17) is 16.0 Å². The van der Waals surface area contributed by atoms with E-state index in [-0.39, 0.29) is 0 Å². The molecule has 3 aromatic carbocycles. The fraction of sp³-hybridized carbons (Fsp3) is 0.486. The third kappa shape index (κ3) is 13.2. The topological polar surface area (TPSA) is 154 Å². The van der Waals surface area contributed by atoms with E-state index in [1.807, 2.05) is 74.5 Å². The molecular weight excluding hydrogens is 699 g/mol. The largest absolute Gasteiger partial charge is 0.394 e. The van der Waals surface area contributed by atoms with E-state index in [0.29, 0.717) is 18.2 Å². The highest BCUT2D eigenvalue weighted by Crippen LogP contribution is 2.36. The Hall–Kier alpha value is -2.11. The van der Waals surface area contributed by atoms with Gasteiger partial charge in [0.25, 0.3) is 0 Å². The van der Waals surface area contributed by atoms with Crippen molar-refractivity contribution in [2.75, 3.05) is 12.9 Å². The third-order valence-electron chi connectivity index (χ3n) is 7.26. The molecule has 0 bridgehead atoms. The Bertz CT molecular complexity index is 1390. The van der Waals surface area contributed by atoms with E-state index in [2.05, 4.69) is 0 Å². The molecule has 2 heterocycles. The monoisotopic (exact) mass is 747 g/mol. The van der Waals surface area contributed by atoms with Gasteiger partial charge in [0.2, 0.25) is 0 Å². The number of ether oxygens (including phenoxy) is 2. The van der Waals surface area contributed by atoms with Gasteiger partial charge in [-0.15, -0.1) is 0 Å². The lowest BCUT2D eigenvalue weighted by Crippen LogP contribution is -2.55. The minimum Gasteiger partial charge on any atom is -0.394 e. The van der Waals surface area contributed by atoms with Gasteiger partial charge in [-0.2, -0.15) is 0 Å². The Morgan fingerprint density at radius 2 is 1.12 bits per heavy atom. The lowest BCUT2D eigenvalue weighted by Gasteiger charge is -2.38. The Kier molecular flexibility index (Phi) is 18.0. The van der Waals surface area contributed by atoms with E-state index >= 15 is 0 Å². The van der Waals surface area contributed by atoms with Crippen LogP contribution >= 0.6 is 23.5 Å². The second kappa shape index (κ2) is 21.3. The molecule has 0 aromatic heterocycles. The second-order valence-corrected chi connectivity index (χ2v) is 15.3. The summed E-state index contributed by atoms with van der Waals surface area (Å²) in [6.45, 7) is 5.55. The molecule has 2 fully saturated rings. The summed E-state index contributed by atoms with van der Waals surface area (Å²) < 4.78 is 66.4. The van der Waals surface area contributed by atoms with Crippen LogP contribution in [0.2, 0.25) is 0 Å². The molecule has 14 heteroatoms. The van der Waals surface area contributed by atoms with Crippen molar-refractivity contribution in [3.05, 3.63) is 90.5 Å². The van der Waals surface area contributed by atoms with Crippen LogP contribution in [-0.4, -0.2) is 107 Å². The summed E-state index contributed by atoms with van der Waals surface area (Å²) in [5, 5.41) is 47.6. The van der Waals surface area contributed by atoms with Crippen molar-refractivity contribution in [2.45, 2.75) is 109 Å². The van der Waals surface area contributed by atoms with Crippen LogP contribution < -0.4 is 0 Å². The number of rotatable bonds is 7. The standard InChI is InChI=1S/C13H17FO3S.C12H15FO4S.C8H10O2S.C2H6/c1-2-9-11(15)10(14)12(16)13(17-9)18-8-6-4-3-5-7-8;13-9-10(15)8(6-14)17-12(11(9)16)18-7-4-2-1-3-5-7;1-7-3-5-8(6-4-7)11(2,9)10;1-2/h3-7,9-13,15-16H,2H2,1H3;1-5,8-12,14-16H,6H2;3-6H,1-2H3;1-2H3/t9-,10+,11-,12-,13+;8-,9+,10-,11-,12+;;/m11../s1/i;;;1D. The van der Waals surface area contributed by atoms with Crippen LogP contribution in [0.15, 0.2) is 99.6 Å². The summed E-state index contributed by atoms with van der Waals surface area (Å²) in [5.41, 5.74) is -0.462. The summed E-state index contributed by atoms with van der Waals surface area (Å²) in [7, 11) is -3.02. The second-order valence-electron chi connectivity index (χ2n) is 11.0. The van der Waals surface area contributed by atoms with E-state index in [9.17, 15) is 37.6 Å². The number of aliphatic hydroxyl groups excluding tert-OH is 5. The minimum absolute atomic E-state index is 0.378. The van der Waals surface area contributed by atoms with E-state index in [1.54, 1.807) is 31.2 Å². The first-order valence-electron chi connectivity index (χ1n) is 16.3. The van der Waals surface area contributed by atoms with Gasteiger partial charge >= 0.3 is 0 Å². The molecule has 0 radical (unpaired) electrons. The molecule has 10 atom stereocenters. The first-order chi connectivity index (χ1) is 23.7. The molecule has 0 amide bonds. The Morgan fingerprint density at radius 1 is 0.735 bits per heavy atom. The lowest BCUT2D eigenvalue weighted by molar-refractivity contribution is -0.186. The molecule has 0 aliphatic carbocycles. The summed E-state index contributed by atoms with van der Waals surface area (Å²) in [6, 6.07) is 25.3. The number of hydrogen-bond acceptors (Lipinski definition) is 11. The van der Waals surface area contributed by atoms with E-state index in [0.717, 1.165) is 27.1 Å². The number of aryl methyl sites for hydroxylation is 1. The molecule has 2 aliphatic rings. The van der Waals surface area contributed by atoms with Gasteiger partial charge in [-0.1, -0.05) is 98.4 Å². The van der Waals surface area contributed by atoms with Crippen LogP contribution in [0.1, 0.15) is 34.1 Å².